The summed E-state index contributed by atoms with van der Waals surface area (Å²) in [6.07, 6.45) is -11.5. The minimum atomic E-state index is -5.01. The zero-order chi connectivity index (χ0) is 22.8. The first-order chi connectivity index (χ1) is 14.5. The molecule has 2 aromatic carbocycles. The van der Waals surface area contributed by atoms with Gasteiger partial charge in [-0.3, -0.25) is 0 Å². The highest BCUT2D eigenvalue weighted by molar-refractivity contribution is 5.86. The summed E-state index contributed by atoms with van der Waals surface area (Å²) in [4.78, 5) is 3.20. The molecular formula is C21H18F6N2O2. The van der Waals surface area contributed by atoms with Crippen molar-refractivity contribution < 1.29 is 36.6 Å². The first kappa shape index (κ1) is 23.0. The van der Waals surface area contributed by atoms with E-state index in [2.05, 4.69) is 10.3 Å². The Kier molecular flexibility index (Phi) is 6.54. The fourth-order valence-corrected chi connectivity index (χ4v) is 3.26. The van der Waals surface area contributed by atoms with Crippen LogP contribution in [0.1, 0.15) is 34.5 Å². The number of hydrogen-bond acceptors (Lipinski definition) is 4. The number of aromatic nitrogens is 1. The van der Waals surface area contributed by atoms with E-state index in [4.69, 9.17) is 0 Å². The van der Waals surface area contributed by atoms with E-state index in [9.17, 15) is 36.6 Å². The Balaban J connectivity index is 2.02. The quantitative estimate of drug-likeness (QED) is 0.485. The maximum Gasteiger partial charge on any atom is 0.433 e. The molecule has 0 saturated carbocycles. The summed E-state index contributed by atoms with van der Waals surface area (Å²) in [5, 5.41) is 22.7. The van der Waals surface area contributed by atoms with Crippen molar-refractivity contribution in [2.45, 2.75) is 24.5 Å². The molecule has 0 amide bonds. The number of halogens is 6. The molecule has 0 spiro atoms. The normalized spacial score (nSPS) is 14.6. The minimum Gasteiger partial charge on any atom is -0.394 e. The van der Waals surface area contributed by atoms with Gasteiger partial charge >= 0.3 is 12.4 Å². The molecule has 31 heavy (non-hydrogen) atoms. The summed E-state index contributed by atoms with van der Waals surface area (Å²) >= 11 is 0. The summed E-state index contributed by atoms with van der Waals surface area (Å²) in [6.45, 7) is -0.674. The highest BCUT2D eigenvalue weighted by Gasteiger charge is 2.38. The van der Waals surface area contributed by atoms with Gasteiger partial charge in [-0.25, -0.2) is 4.98 Å². The van der Waals surface area contributed by atoms with Crippen LogP contribution in [0.15, 0.2) is 54.6 Å². The second-order valence-corrected chi connectivity index (χ2v) is 6.86. The van der Waals surface area contributed by atoms with Crippen molar-refractivity contribution >= 4 is 10.9 Å². The lowest BCUT2D eigenvalue weighted by molar-refractivity contribution is -0.142. The van der Waals surface area contributed by atoms with Crippen LogP contribution in [0, 0.1) is 0 Å². The van der Waals surface area contributed by atoms with Gasteiger partial charge in [0.2, 0.25) is 0 Å². The number of pyridine rings is 1. The number of para-hydroxylation sites is 1. The number of aliphatic hydroxyl groups excluding tert-OH is 2. The van der Waals surface area contributed by atoms with E-state index in [1.54, 1.807) is 30.3 Å². The minimum absolute atomic E-state index is 0.239. The second kappa shape index (κ2) is 8.81. The van der Waals surface area contributed by atoms with Gasteiger partial charge in [-0.05, 0) is 23.3 Å². The molecule has 1 aromatic heterocycles. The fourth-order valence-electron chi connectivity index (χ4n) is 3.26. The third-order valence-corrected chi connectivity index (χ3v) is 4.77. The summed E-state index contributed by atoms with van der Waals surface area (Å²) in [6, 6.07) is 11.4. The lowest BCUT2D eigenvalue weighted by Crippen LogP contribution is -2.29. The zero-order valence-electron chi connectivity index (χ0n) is 15.9. The van der Waals surface area contributed by atoms with E-state index in [1.165, 1.54) is 6.07 Å². The van der Waals surface area contributed by atoms with Gasteiger partial charge in [0, 0.05) is 11.9 Å². The van der Waals surface area contributed by atoms with Crippen LogP contribution in [-0.2, 0) is 12.4 Å². The lowest BCUT2D eigenvalue weighted by atomic mass is 9.99. The monoisotopic (exact) mass is 444 g/mol. The molecule has 4 nitrogen and oxygen atoms in total. The number of benzene rings is 2. The maximum atomic E-state index is 13.3. The molecule has 0 fully saturated rings. The lowest BCUT2D eigenvalue weighted by Gasteiger charge is -2.22. The van der Waals surface area contributed by atoms with Gasteiger partial charge in [-0.1, -0.05) is 42.5 Å². The SMILES string of the molecule is OC[C@@H](NC[C@@H](O)c1cc(C(F)(F)F)nc2c(C(F)(F)F)cccc12)c1ccccc1. The molecule has 0 saturated heterocycles. The topological polar surface area (TPSA) is 65.4 Å². The zero-order valence-corrected chi connectivity index (χ0v) is 15.9. The Morgan fingerprint density at radius 3 is 2.16 bits per heavy atom. The number of nitrogens with one attached hydrogen (secondary N) is 1. The van der Waals surface area contributed by atoms with E-state index < -0.39 is 41.3 Å². The molecule has 3 rings (SSSR count). The van der Waals surface area contributed by atoms with Crippen LogP contribution in [0.5, 0.6) is 0 Å². The highest BCUT2D eigenvalue weighted by Crippen LogP contribution is 2.38. The van der Waals surface area contributed by atoms with Gasteiger partial charge < -0.3 is 15.5 Å². The molecular weight excluding hydrogens is 426 g/mol. The summed E-state index contributed by atoms with van der Waals surface area (Å²) < 4.78 is 79.9. The predicted molar refractivity (Wildman–Crippen MR) is 101 cm³/mol. The molecule has 0 aliphatic rings. The molecule has 0 radical (unpaired) electrons. The van der Waals surface area contributed by atoms with Crippen LogP contribution in [0.2, 0.25) is 0 Å². The van der Waals surface area contributed by atoms with Crippen molar-refractivity contribution in [1.82, 2.24) is 10.3 Å². The van der Waals surface area contributed by atoms with E-state index in [0.29, 0.717) is 17.7 Å². The second-order valence-electron chi connectivity index (χ2n) is 6.86. The summed E-state index contributed by atoms with van der Waals surface area (Å²) in [7, 11) is 0. The number of aliphatic hydroxyl groups is 2. The third kappa shape index (κ3) is 5.15. The molecule has 1 heterocycles. The van der Waals surface area contributed by atoms with Gasteiger partial charge in [0.15, 0.2) is 0 Å². The van der Waals surface area contributed by atoms with Crippen molar-refractivity contribution in [3.63, 3.8) is 0 Å². The Labute approximate surface area is 173 Å². The molecule has 0 aliphatic carbocycles. The van der Waals surface area contributed by atoms with Crippen molar-refractivity contribution in [1.29, 1.82) is 0 Å². The van der Waals surface area contributed by atoms with E-state index >= 15 is 0 Å². The van der Waals surface area contributed by atoms with Gasteiger partial charge in [-0.2, -0.15) is 26.3 Å². The standard InChI is InChI=1S/C21H18F6N2O2/c22-20(23,24)15-8-4-7-13-14(9-18(21(25,26)27)29-19(13)15)17(31)10-28-16(11-30)12-5-2-1-3-6-12/h1-9,16-17,28,30-31H,10-11H2/t16-,17-/m1/s1. The number of hydrogen-bond donors (Lipinski definition) is 3. The fraction of sp³-hybridized carbons (Fsp3) is 0.286. The maximum absolute atomic E-state index is 13.3. The summed E-state index contributed by atoms with van der Waals surface area (Å²) in [5.74, 6) is 0. The molecule has 10 heteroatoms. The van der Waals surface area contributed by atoms with Crippen LogP contribution in [0.4, 0.5) is 26.3 Å². The smallest absolute Gasteiger partial charge is 0.394 e. The van der Waals surface area contributed by atoms with Gasteiger partial charge in [0.1, 0.15) is 5.69 Å². The molecule has 3 aromatic rings. The number of rotatable bonds is 6. The molecule has 166 valence electrons. The molecule has 2 atom stereocenters. The molecule has 0 unspecified atom stereocenters. The van der Waals surface area contributed by atoms with Gasteiger partial charge in [-0.15, -0.1) is 0 Å². The largest absolute Gasteiger partial charge is 0.433 e. The van der Waals surface area contributed by atoms with Crippen molar-refractivity contribution in [2.24, 2.45) is 0 Å². The average Bonchev–Trinajstić information content (AvgIpc) is 2.72. The van der Waals surface area contributed by atoms with E-state index in [1.807, 2.05) is 0 Å². The van der Waals surface area contributed by atoms with E-state index in [0.717, 1.165) is 6.07 Å². The Morgan fingerprint density at radius 2 is 1.58 bits per heavy atom. The first-order valence-electron chi connectivity index (χ1n) is 9.17. The predicted octanol–water partition coefficient (Wildman–Crippen LogP) is 4.63. The average molecular weight is 444 g/mol. The summed E-state index contributed by atoms with van der Waals surface area (Å²) in [5.41, 5.74) is -3.42. The first-order valence-corrected chi connectivity index (χ1v) is 9.17. The van der Waals surface area contributed by atoms with Gasteiger partial charge in [0.25, 0.3) is 0 Å². The Bertz CT molecular complexity index is 1040. The third-order valence-electron chi connectivity index (χ3n) is 4.77. The van der Waals surface area contributed by atoms with Crippen molar-refractivity contribution in [3.8, 4) is 0 Å². The van der Waals surface area contributed by atoms with Crippen LogP contribution in [0.25, 0.3) is 10.9 Å². The Hall–Kier alpha value is -2.69. The number of alkyl halides is 6. The molecule has 0 aliphatic heterocycles. The number of fused-ring (bicyclic) bond motifs is 1. The van der Waals surface area contributed by atoms with Crippen molar-refractivity contribution in [3.05, 3.63) is 77.0 Å². The van der Waals surface area contributed by atoms with Crippen LogP contribution >= 0.6 is 0 Å². The van der Waals surface area contributed by atoms with Crippen LogP contribution < -0.4 is 5.32 Å². The van der Waals surface area contributed by atoms with Crippen LogP contribution in [0.3, 0.4) is 0 Å². The number of nitrogens with zero attached hydrogens (tertiary/aromatic N) is 1. The van der Waals surface area contributed by atoms with Gasteiger partial charge in [0.05, 0.1) is 29.8 Å². The van der Waals surface area contributed by atoms with Crippen molar-refractivity contribution in [2.75, 3.05) is 13.2 Å². The highest BCUT2D eigenvalue weighted by atomic mass is 19.4. The molecule has 0 bridgehead atoms. The van der Waals surface area contributed by atoms with Crippen LogP contribution in [-0.4, -0.2) is 28.3 Å². The molecule has 3 N–H and O–H groups in total. The Morgan fingerprint density at radius 1 is 0.903 bits per heavy atom. The van der Waals surface area contributed by atoms with E-state index in [-0.39, 0.29) is 24.1 Å².